The van der Waals surface area contributed by atoms with Gasteiger partial charge in [0.05, 0.1) is 7.11 Å². The molecule has 0 fully saturated rings. The molecule has 106 valence electrons. The zero-order valence-corrected chi connectivity index (χ0v) is 12.8. The Bertz CT molecular complexity index is 575. The van der Waals surface area contributed by atoms with Crippen LogP contribution >= 0.6 is 11.8 Å². The average Bonchev–Trinajstić information content (AvgIpc) is 2.45. The number of hydrogen-bond acceptors (Lipinski definition) is 5. The number of nitrogens with zero attached hydrogens (tertiary/aromatic N) is 2. The summed E-state index contributed by atoms with van der Waals surface area (Å²) in [6.45, 7) is 4.93. The smallest absolute Gasteiger partial charge is 0.193 e. The highest BCUT2D eigenvalue weighted by molar-refractivity contribution is 7.98. The van der Waals surface area contributed by atoms with Gasteiger partial charge in [-0.3, -0.25) is 0 Å². The molecular weight excluding hydrogens is 270 g/mol. The molecule has 0 spiro atoms. The number of ether oxygens (including phenoxy) is 1. The fraction of sp³-hybridized carbons (Fsp3) is 0.333. The van der Waals surface area contributed by atoms with Gasteiger partial charge in [0.25, 0.3) is 0 Å². The van der Waals surface area contributed by atoms with Crippen LogP contribution in [0.1, 0.15) is 18.1 Å². The molecule has 2 rings (SSSR count). The maximum atomic E-state index is 5.43. The van der Waals surface area contributed by atoms with Crippen molar-refractivity contribution in [2.24, 2.45) is 0 Å². The van der Waals surface area contributed by atoms with E-state index in [9.17, 15) is 0 Å². The Balaban J connectivity index is 2.14. The normalized spacial score (nSPS) is 10.3. The monoisotopic (exact) mass is 289 g/mol. The van der Waals surface area contributed by atoms with Gasteiger partial charge >= 0.3 is 0 Å². The summed E-state index contributed by atoms with van der Waals surface area (Å²) in [6.07, 6.45) is 1.57. The van der Waals surface area contributed by atoms with Crippen LogP contribution in [0.25, 0.3) is 0 Å². The number of rotatable bonds is 6. The lowest BCUT2D eigenvalue weighted by Crippen LogP contribution is -2.03. The molecule has 0 atom stereocenters. The first kappa shape index (κ1) is 14.7. The van der Waals surface area contributed by atoms with Crippen molar-refractivity contribution >= 4 is 17.6 Å². The van der Waals surface area contributed by atoms with Crippen LogP contribution in [0.2, 0.25) is 0 Å². The Morgan fingerprint density at radius 1 is 1.30 bits per heavy atom. The molecule has 0 aliphatic rings. The van der Waals surface area contributed by atoms with Gasteiger partial charge < -0.3 is 10.1 Å². The van der Waals surface area contributed by atoms with Crippen molar-refractivity contribution in [1.82, 2.24) is 9.97 Å². The summed E-state index contributed by atoms with van der Waals surface area (Å²) in [5.41, 5.74) is 2.55. The molecule has 0 unspecified atom stereocenters. The molecule has 1 aromatic heterocycles. The van der Waals surface area contributed by atoms with Crippen molar-refractivity contribution in [1.29, 1.82) is 0 Å². The van der Waals surface area contributed by atoms with E-state index in [0.29, 0.717) is 5.75 Å². The number of anilines is 1. The summed E-state index contributed by atoms with van der Waals surface area (Å²) in [7, 11) is 1.65. The summed E-state index contributed by atoms with van der Waals surface area (Å²) >= 11 is 1.66. The van der Waals surface area contributed by atoms with Crippen LogP contribution in [0.4, 0.5) is 5.82 Å². The van der Waals surface area contributed by atoms with Gasteiger partial charge in [-0.2, -0.15) is 0 Å². The van der Waals surface area contributed by atoms with E-state index in [4.69, 9.17) is 4.74 Å². The molecule has 2 aromatic rings. The number of aryl methyl sites for hydroxylation is 1. The second kappa shape index (κ2) is 7.14. The van der Waals surface area contributed by atoms with Crippen molar-refractivity contribution in [3.05, 3.63) is 41.7 Å². The first-order valence-corrected chi connectivity index (χ1v) is 7.54. The molecule has 5 heteroatoms. The first-order chi connectivity index (χ1) is 9.74. The van der Waals surface area contributed by atoms with E-state index in [-0.39, 0.29) is 0 Å². The number of hydrogen-bond donors (Lipinski definition) is 1. The quantitative estimate of drug-likeness (QED) is 0.651. The van der Waals surface area contributed by atoms with E-state index in [1.165, 1.54) is 11.1 Å². The second-order valence-electron chi connectivity index (χ2n) is 4.37. The molecule has 0 aliphatic heterocycles. The lowest BCUT2D eigenvalue weighted by Gasteiger charge is -2.11. The van der Waals surface area contributed by atoms with Crippen LogP contribution in [-0.2, 0) is 5.75 Å². The maximum absolute atomic E-state index is 5.43. The van der Waals surface area contributed by atoms with Gasteiger partial charge in [0.1, 0.15) is 11.4 Å². The topological polar surface area (TPSA) is 47.0 Å². The predicted molar refractivity (Wildman–Crippen MR) is 83.5 cm³/mol. The Hall–Kier alpha value is -1.75. The van der Waals surface area contributed by atoms with E-state index in [1.54, 1.807) is 25.2 Å². The van der Waals surface area contributed by atoms with E-state index >= 15 is 0 Å². The fourth-order valence-corrected chi connectivity index (χ4v) is 2.81. The van der Waals surface area contributed by atoms with Gasteiger partial charge in [-0.05, 0) is 19.4 Å². The fourth-order valence-electron chi connectivity index (χ4n) is 1.89. The average molecular weight is 289 g/mol. The lowest BCUT2D eigenvalue weighted by molar-refractivity contribution is 0.400. The van der Waals surface area contributed by atoms with Crippen LogP contribution in [0.15, 0.2) is 35.6 Å². The standard InChI is InChI=1S/C15H19N3OS/c1-4-16-14-13(19-3)15(18-10-17-14)20-9-12-7-5-6-11(2)8-12/h5-8,10H,4,9H2,1-3H3,(H,16,17,18). The number of nitrogens with one attached hydrogen (secondary N) is 1. The van der Waals surface area contributed by atoms with Crippen LogP contribution < -0.4 is 10.1 Å². The van der Waals surface area contributed by atoms with E-state index in [1.807, 2.05) is 6.92 Å². The molecule has 0 bridgehead atoms. The van der Waals surface area contributed by atoms with Crippen LogP contribution in [0.3, 0.4) is 0 Å². The molecular formula is C15H19N3OS. The molecule has 1 heterocycles. The largest absolute Gasteiger partial charge is 0.490 e. The highest BCUT2D eigenvalue weighted by atomic mass is 32.2. The van der Waals surface area contributed by atoms with Crippen LogP contribution in [0, 0.1) is 6.92 Å². The first-order valence-electron chi connectivity index (χ1n) is 6.55. The SMILES string of the molecule is CCNc1ncnc(SCc2cccc(C)c2)c1OC. The van der Waals surface area contributed by atoms with Crippen molar-refractivity contribution in [3.63, 3.8) is 0 Å². The summed E-state index contributed by atoms with van der Waals surface area (Å²) < 4.78 is 5.43. The van der Waals surface area contributed by atoms with Crippen molar-refractivity contribution in [3.8, 4) is 5.75 Å². The van der Waals surface area contributed by atoms with Gasteiger partial charge in [-0.25, -0.2) is 9.97 Å². The minimum absolute atomic E-state index is 0.715. The third kappa shape index (κ3) is 3.63. The van der Waals surface area contributed by atoms with E-state index < -0.39 is 0 Å². The number of methoxy groups -OCH3 is 1. The summed E-state index contributed by atoms with van der Waals surface area (Å²) in [4.78, 5) is 8.53. The molecule has 20 heavy (non-hydrogen) atoms. The Morgan fingerprint density at radius 3 is 2.85 bits per heavy atom. The second-order valence-corrected chi connectivity index (χ2v) is 5.33. The van der Waals surface area contributed by atoms with Crippen LogP contribution in [-0.4, -0.2) is 23.6 Å². The molecule has 1 N–H and O–H groups in total. The zero-order valence-electron chi connectivity index (χ0n) is 12.0. The Morgan fingerprint density at radius 2 is 2.15 bits per heavy atom. The molecule has 1 aromatic carbocycles. The number of thioether (sulfide) groups is 1. The molecule has 0 aliphatic carbocycles. The van der Waals surface area contributed by atoms with Gasteiger partial charge in [0.15, 0.2) is 11.6 Å². The maximum Gasteiger partial charge on any atom is 0.193 e. The third-order valence-electron chi connectivity index (χ3n) is 2.78. The van der Waals surface area contributed by atoms with E-state index in [2.05, 4.69) is 46.5 Å². The van der Waals surface area contributed by atoms with Crippen molar-refractivity contribution in [2.75, 3.05) is 19.0 Å². The highest BCUT2D eigenvalue weighted by Crippen LogP contribution is 2.34. The molecule has 0 saturated heterocycles. The van der Waals surface area contributed by atoms with Crippen molar-refractivity contribution < 1.29 is 4.74 Å². The van der Waals surface area contributed by atoms with Gasteiger partial charge in [0, 0.05) is 12.3 Å². The third-order valence-corrected chi connectivity index (χ3v) is 3.82. The van der Waals surface area contributed by atoms with Gasteiger partial charge in [0.2, 0.25) is 0 Å². The minimum Gasteiger partial charge on any atom is -0.490 e. The van der Waals surface area contributed by atoms with Crippen LogP contribution in [0.5, 0.6) is 5.75 Å². The molecule has 0 radical (unpaired) electrons. The highest BCUT2D eigenvalue weighted by Gasteiger charge is 2.12. The van der Waals surface area contributed by atoms with Gasteiger partial charge in [-0.1, -0.05) is 41.6 Å². The predicted octanol–water partition coefficient (Wildman–Crippen LogP) is 3.52. The zero-order chi connectivity index (χ0) is 14.4. The summed E-state index contributed by atoms with van der Waals surface area (Å²) in [5, 5.41) is 4.05. The Labute approximate surface area is 124 Å². The minimum atomic E-state index is 0.715. The summed E-state index contributed by atoms with van der Waals surface area (Å²) in [6, 6.07) is 8.49. The van der Waals surface area contributed by atoms with Crippen molar-refractivity contribution in [2.45, 2.75) is 24.6 Å². The van der Waals surface area contributed by atoms with E-state index in [0.717, 1.165) is 23.1 Å². The molecule has 0 saturated carbocycles. The Kier molecular flexibility index (Phi) is 5.24. The van der Waals surface area contributed by atoms with Gasteiger partial charge in [-0.15, -0.1) is 0 Å². The molecule has 4 nitrogen and oxygen atoms in total. The summed E-state index contributed by atoms with van der Waals surface area (Å²) in [5.74, 6) is 2.32. The number of benzene rings is 1. The lowest BCUT2D eigenvalue weighted by atomic mass is 10.2. The number of aromatic nitrogens is 2. The molecule has 0 amide bonds.